The lowest BCUT2D eigenvalue weighted by atomic mass is 9.91. The van der Waals surface area contributed by atoms with E-state index in [-0.39, 0.29) is 17.0 Å². The zero-order valence-electron chi connectivity index (χ0n) is 10.7. The van der Waals surface area contributed by atoms with Gasteiger partial charge in [-0.1, -0.05) is 50.7 Å². The van der Waals surface area contributed by atoms with Crippen LogP contribution in [0.3, 0.4) is 0 Å². The summed E-state index contributed by atoms with van der Waals surface area (Å²) in [6.45, 7) is 1.08. The van der Waals surface area contributed by atoms with E-state index in [0.717, 1.165) is 6.42 Å². The second kappa shape index (κ2) is 7.52. The van der Waals surface area contributed by atoms with Crippen molar-refractivity contribution >= 4 is 50.7 Å². The van der Waals surface area contributed by atoms with Crippen LogP contribution in [0.1, 0.15) is 6.42 Å². The van der Waals surface area contributed by atoms with Crippen LogP contribution in [0.15, 0.2) is 12.1 Å². The number of halogens is 4. The first-order valence-corrected chi connectivity index (χ1v) is 8.13. The number of hydrogen-bond acceptors (Lipinski definition) is 3. The molecule has 1 saturated carbocycles. The topological polar surface area (TPSA) is 27.7 Å². The van der Waals surface area contributed by atoms with Crippen molar-refractivity contribution in [2.75, 3.05) is 20.3 Å². The van der Waals surface area contributed by atoms with Crippen molar-refractivity contribution in [3.05, 3.63) is 27.2 Å². The van der Waals surface area contributed by atoms with Crippen molar-refractivity contribution in [2.45, 2.75) is 23.5 Å². The maximum Gasteiger partial charge on any atom is 0.140 e. The molecular formula is C13H14BrCl3O3. The molecular weight excluding hydrogens is 390 g/mol. The minimum absolute atomic E-state index is 0.0318. The molecule has 3 unspecified atom stereocenters. The van der Waals surface area contributed by atoms with Crippen LogP contribution in [-0.2, 0) is 9.47 Å². The molecule has 0 N–H and O–H groups in total. The Bertz CT molecular complexity index is 472. The summed E-state index contributed by atoms with van der Waals surface area (Å²) in [5, 5.41) is 1.26. The van der Waals surface area contributed by atoms with E-state index in [2.05, 4.69) is 15.9 Å². The minimum Gasteiger partial charge on any atom is -0.486 e. The van der Waals surface area contributed by atoms with E-state index in [1.807, 2.05) is 0 Å². The molecule has 3 atom stereocenters. The van der Waals surface area contributed by atoms with E-state index < -0.39 is 0 Å². The van der Waals surface area contributed by atoms with Crippen LogP contribution in [0.25, 0.3) is 0 Å². The first-order valence-electron chi connectivity index (χ1n) is 6.08. The van der Waals surface area contributed by atoms with Crippen LogP contribution in [0.2, 0.25) is 15.1 Å². The van der Waals surface area contributed by atoms with Crippen LogP contribution in [-0.4, -0.2) is 37.4 Å². The van der Waals surface area contributed by atoms with Gasteiger partial charge >= 0.3 is 0 Å². The Morgan fingerprint density at radius 1 is 1.15 bits per heavy atom. The first-order chi connectivity index (χ1) is 9.52. The molecule has 0 bridgehead atoms. The van der Waals surface area contributed by atoms with Crippen molar-refractivity contribution in [3.63, 3.8) is 0 Å². The fourth-order valence-corrected chi connectivity index (χ4v) is 3.32. The molecule has 20 heavy (non-hydrogen) atoms. The quantitative estimate of drug-likeness (QED) is 0.394. The van der Waals surface area contributed by atoms with Crippen molar-refractivity contribution < 1.29 is 14.2 Å². The van der Waals surface area contributed by atoms with Gasteiger partial charge in [0.15, 0.2) is 0 Å². The minimum atomic E-state index is -0.0639. The van der Waals surface area contributed by atoms with Gasteiger partial charge in [0.2, 0.25) is 0 Å². The standard InChI is InChI=1S/C13H14BrCl3O3/c1-18-2-3-19-13-7(14)4-12(13)20-11-6-9(16)8(15)5-10(11)17/h5-7,12-13H,2-4H2,1H3. The lowest BCUT2D eigenvalue weighted by molar-refractivity contribution is -0.0865. The summed E-state index contributed by atoms with van der Waals surface area (Å²) in [6, 6.07) is 3.20. The van der Waals surface area contributed by atoms with Gasteiger partial charge in [0, 0.05) is 24.4 Å². The molecule has 0 saturated heterocycles. The van der Waals surface area contributed by atoms with Crippen LogP contribution in [0, 0.1) is 0 Å². The Labute approximate surface area is 141 Å². The summed E-state index contributed by atoms with van der Waals surface area (Å²) in [5.41, 5.74) is 0. The molecule has 1 aliphatic rings. The predicted molar refractivity (Wildman–Crippen MR) is 84.8 cm³/mol. The summed E-state index contributed by atoms with van der Waals surface area (Å²) in [4.78, 5) is 0.269. The van der Waals surface area contributed by atoms with Crippen LogP contribution in [0.5, 0.6) is 5.75 Å². The highest BCUT2D eigenvalue weighted by molar-refractivity contribution is 9.09. The van der Waals surface area contributed by atoms with Gasteiger partial charge in [-0.05, 0) is 6.07 Å². The molecule has 0 heterocycles. The molecule has 3 nitrogen and oxygen atoms in total. The third kappa shape index (κ3) is 3.93. The first kappa shape index (κ1) is 16.7. The molecule has 1 aliphatic carbocycles. The summed E-state index contributed by atoms with van der Waals surface area (Å²) >= 11 is 21.5. The molecule has 2 rings (SSSR count). The highest BCUT2D eigenvalue weighted by Crippen LogP contribution is 2.39. The average molecular weight is 405 g/mol. The lowest BCUT2D eigenvalue weighted by Crippen LogP contribution is -2.52. The van der Waals surface area contributed by atoms with E-state index in [1.165, 1.54) is 0 Å². The Kier molecular flexibility index (Phi) is 6.26. The van der Waals surface area contributed by atoms with Gasteiger partial charge < -0.3 is 14.2 Å². The molecule has 0 aromatic heterocycles. The Morgan fingerprint density at radius 2 is 1.85 bits per heavy atom. The Balaban J connectivity index is 1.97. The van der Waals surface area contributed by atoms with Crippen LogP contribution < -0.4 is 4.74 Å². The van der Waals surface area contributed by atoms with E-state index in [0.29, 0.717) is 34.0 Å². The number of alkyl halides is 1. The lowest BCUT2D eigenvalue weighted by Gasteiger charge is -2.41. The number of methoxy groups -OCH3 is 1. The van der Waals surface area contributed by atoms with Crippen molar-refractivity contribution in [2.24, 2.45) is 0 Å². The normalized spacial score (nSPS) is 25.4. The molecule has 1 fully saturated rings. The van der Waals surface area contributed by atoms with Gasteiger partial charge in [0.1, 0.15) is 18.0 Å². The van der Waals surface area contributed by atoms with E-state index >= 15 is 0 Å². The molecule has 7 heteroatoms. The van der Waals surface area contributed by atoms with Crippen LogP contribution >= 0.6 is 50.7 Å². The van der Waals surface area contributed by atoms with Crippen LogP contribution in [0.4, 0.5) is 0 Å². The van der Waals surface area contributed by atoms with E-state index in [4.69, 9.17) is 49.0 Å². The molecule has 0 amide bonds. The van der Waals surface area contributed by atoms with Gasteiger partial charge in [-0.15, -0.1) is 0 Å². The smallest absolute Gasteiger partial charge is 0.140 e. The zero-order chi connectivity index (χ0) is 14.7. The SMILES string of the molecule is COCCOC1C(Br)CC1Oc1cc(Cl)c(Cl)cc1Cl. The predicted octanol–water partition coefficient (Wildman–Crippen LogP) is 4.59. The Hall–Kier alpha value is 0.290. The maximum absolute atomic E-state index is 6.10. The highest BCUT2D eigenvalue weighted by atomic mass is 79.9. The van der Waals surface area contributed by atoms with E-state index in [9.17, 15) is 0 Å². The maximum atomic E-state index is 6.10. The molecule has 0 spiro atoms. The number of benzene rings is 1. The van der Waals surface area contributed by atoms with Crippen molar-refractivity contribution in [1.82, 2.24) is 0 Å². The highest BCUT2D eigenvalue weighted by Gasteiger charge is 2.42. The number of rotatable bonds is 6. The summed E-state index contributed by atoms with van der Waals surface area (Å²) < 4.78 is 16.5. The fraction of sp³-hybridized carbons (Fsp3) is 0.538. The van der Waals surface area contributed by atoms with Crippen molar-refractivity contribution in [1.29, 1.82) is 0 Å². The van der Waals surface area contributed by atoms with E-state index in [1.54, 1.807) is 19.2 Å². The molecule has 0 radical (unpaired) electrons. The second-order valence-corrected chi connectivity index (χ2v) is 6.83. The third-order valence-corrected chi connectivity index (χ3v) is 4.94. The van der Waals surface area contributed by atoms with Gasteiger partial charge in [-0.2, -0.15) is 0 Å². The number of hydrogen-bond donors (Lipinski definition) is 0. The summed E-state index contributed by atoms with van der Waals surface area (Å²) in [5.74, 6) is 0.519. The zero-order valence-corrected chi connectivity index (χ0v) is 14.6. The van der Waals surface area contributed by atoms with Gasteiger partial charge in [0.05, 0.1) is 28.3 Å². The fourth-order valence-electron chi connectivity index (χ4n) is 1.88. The van der Waals surface area contributed by atoms with Gasteiger partial charge in [-0.3, -0.25) is 0 Å². The Morgan fingerprint density at radius 3 is 2.50 bits per heavy atom. The molecule has 1 aromatic carbocycles. The largest absolute Gasteiger partial charge is 0.486 e. The summed E-state index contributed by atoms with van der Waals surface area (Å²) in [6.07, 6.45) is 0.746. The average Bonchev–Trinajstić information content (AvgIpc) is 2.40. The summed E-state index contributed by atoms with van der Waals surface area (Å²) in [7, 11) is 1.64. The number of ether oxygens (including phenoxy) is 3. The third-order valence-electron chi connectivity index (χ3n) is 3.03. The van der Waals surface area contributed by atoms with Gasteiger partial charge in [-0.25, -0.2) is 0 Å². The molecule has 1 aromatic rings. The molecule has 112 valence electrons. The monoisotopic (exact) mass is 402 g/mol. The second-order valence-electron chi connectivity index (χ2n) is 4.43. The molecule has 0 aliphatic heterocycles. The van der Waals surface area contributed by atoms with Gasteiger partial charge in [0.25, 0.3) is 0 Å². The van der Waals surface area contributed by atoms with Crippen molar-refractivity contribution in [3.8, 4) is 5.75 Å².